The van der Waals surface area contributed by atoms with Crippen LogP contribution < -0.4 is 0 Å². The fourth-order valence-corrected chi connectivity index (χ4v) is 6.29. The summed E-state index contributed by atoms with van der Waals surface area (Å²) in [5.74, 6) is 0. The van der Waals surface area contributed by atoms with Gasteiger partial charge in [-0.15, -0.1) is 11.3 Å². The number of piperidine rings is 1. The summed E-state index contributed by atoms with van der Waals surface area (Å²) in [6, 6.07) is 2.23. The Hall–Kier alpha value is -0.600. The fraction of sp³-hybridized carbons (Fsp3) is 0.800. The van der Waals surface area contributed by atoms with Crippen molar-refractivity contribution < 1.29 is 23.4 Å². The maximum atomic E-state index is 12.8. The van der Waals surface area contributed by atoms with Crippen LogP contribution in [0.25, 0.3) is 0 Å². The zero-order chi connectivity index (χ0) is 19.1. The highest BCUT2D eigenvalue weighted by Crippen LogP contribution is 2.47. The molecule has 4 nitrogen and oxygen atoms in total. The summed E-state index contributed by atoms with van der Waals surface area (Å²) in [6.45, 7) is 5.44. The Bertz CT molecular complexity index is 662. The second-order valence-corrected chi connectivity index (χ2v) is 9.55. The zero-order valence-electron chi connectivity index (χ0n) is 15.9. The van der Waals surface area contributed by atoms with Gasteiger partial charge in [-0.2, -0.15) is 0 Å². The van der Waals surface area contributed by atoms with E-state index in [2.05, 4.69) is 11.8 Å². The summed E-state index contributed by atoms with van der Waals surface area (Å²) in [5, 5.41) is 10.8. The molecule has 4 rings (SSSR count). The van der Waals surface area contributed by atoms with Crippen LogP contribution in [0.2, 0.25) is 0 Å². The number of rotatable bonds is 4. The summed E-state index contributed by atoms with van der Waals surface area (Å²) in [4.78, 5) is 4.27. The average molecular weight is 402 g/mol. The topological polar surface area (TPSA) is 41.9 Å². The van der Waals surface area contributed by atoms with E-state index >= 15 is 0 Å². The van der Waals surface area contributed by atoms with Gasteiger partial charge in [-0.05, 0) is 50.7 Å². The molecule has 3 aliphatic heterocycles. The number of aliphatic hydroxyl groups is 1. The fourth-order valence-electron chi connectivity index (χ4n) is 4.90. The molecule has 1 N–H and O–H groups in total. The smallest absolute Gasteiger partial charge is 0.243 e. The van der Waals surface area contributed by atoms with E-state index in [9.17, 15) is 13.9 Å². The lowest BCUT2D eigenvalue weighted by molar-refractivity contribution is -0.138. The van der Waals surface area contributed by atoms with Gasteiger partial charge >= 0.3 is 0 Å². The van der Waals surface area contributed by atoms with Crippen molar-refractivity contribution in [2.24, 2.45) is 0 Å². The number of β-amino-alcohol motifs (C(OH)–C–C–N with tert-alkyl or cyclic N) is 1. The van der Waals surface area contributed by atoms with Crippen LogP contribution in [-0.4, -0.2) is 61.0 Å². The number of halogens is 2. The summed E-state index contributed by atoms with van der Waals surface area (Å²) in [6.07, 6.45) is 1.71. The second-order valence-electron chi connectivity index (χ2n) is 8.41. The van der Waals surface area contributed by atoms with Gasteiger partial charge in [0.1, 0.15) is 11.2 Å². The van der Waals surface area contributed by atoms with Crippen molar-refractivity contribution in [3.8, 4) is 0 Å². The number of thiophene rings is 1. The first-order chi connectivity index (χ1) is 12.9. The van der Waals surface area contributed by atoms with E-state index in [1.165, 1.54) is 16.9 Å². The first kappa shape index (κ1) is 19.7. The van der Waals surface area contributed by atoms with Crippen molar-refractivity contribution in [2.45, 2.75) is 69.1 Å². The van der Waals surface area contributed by atoms with E-state index in [1.807, 2.05) is 6.07 Å². The van der Waals surface area contributed by atoms with E-state index in [-0.39, 0.29) is 18.1 Å². The Morgan fingerprint density at radius 2 is 2.22 bits per heavy atom. The molecule has 152 valence electrons. The van der Waals surface area contributed by atoms with Crippen molar-refractivity contribution in [3.63, 3.8) is 0 Å². The van der Waals surface area contributed by atoms with Gasteiger partial charge < -0.3 is 14.6 Å². The molecule has 27 heavy (non-hydrogen) atoms. The molecule has 1 aromatic rings. The Kier molecular flexibility index (Phi) is 5.60. The van der Waals surface area contributed by atoms with Gasteiger partial charge in [0.2, 0.25) is 6.43 Å². The van der Waals surface area contributed by atoms with Gasteiger partial charge in [0, 0.05) is 41.9 Å². The lowest BCUT2D eigenvalue weighted by Crippen LogP contribution is -2.56. The van der Waals surface area contributed by atoms with Gasteiger partial charge in [0.15, 0.2) is 0 Å². The second kappa shape index (κ2) is 7.67. The molecule has 7 heteroatoms. The van der Waals surface area contributed by atoms with E-state index in [4.69, 9.17) is 9.47 Å². The lowest BCUT2D eigenvalue weighted by atomic mass is 9.81. The minimum absolute atomic E-state index is 0.164. The largest absolute Gasteiger partial charge is 0.386 e. The van der Waals surface area contributed by atoms with E-state index in [0.717, 1.165) is 55.0 Å². The number of likely N-dealkylation sites (tertiary alicyclic amines) is 1. The van der Waals surface area contributed by atoms with Crippen LogP contribution in [0.3, 0.4) is 0 Å². The van der Waals surface area contributed by atoms with Gasteiger partial charge in [-0.3, -0.25) is 4.90 Å². The van der Waals surface area contributed by atoms with Gasteiger partial charge in [0.25, 0.3) is 0 Å². The minimum Gasteiger partial charge on any atom is -0.386 e. The Morgan fingerprint density at radius 3 is 2.93 bits per heavy atom. The molecule has 2 fully saturated rings. The normalized spacial score (nSPS) is 34.9. The molecule has 0 aliphatic carbocycles. The summed E-state index contributed by atoms with van der Waals surface area (Å²) in [7, 11) is 0. The first-order valence-electron chi connectivity index (χ1n) is 9.98. The molecule has 0 aromatic carbocycles. The quantitative estimate of drug-likeness (QED) is 0.840. The summed E-state index contributed by atoms with van der Waals surface area (Å²) >= 11 is 1.51. The zero-order valence-corrected chi connectivity index (χ0v) is 16.7. The number of fused-ring (bicyclic) bond motifs is 2. The third-order valence-corrected chi connectivity index (χ3v) is 7.61. The minimum atomic E-state index is -2.30. The lowest BCUT2D eigenvalue weighted by Gasteiger charge is -2.49. The number of alkyl halides is 2. The van der Waals surface area contributed by atoms with Crippen molar-refractivity contribution >= 4 is 11.3 Å². The van der Waals surface area contributed by atoms with Crippen molar-refractivity contribution in [1.29, 1.82) is 0 Å². The molecule has 4 heterocycles. The van der Waals surface area contributed by atoms with E-state index < -0.39 is 12.0 Å². The molecular weight excluding hydrogens is 372 g/mol. The number of hydrogen-bond donors (Lipinski definition) is 1. The van der Waals surface area contributed by atoms with Crippen LogP contribution >= 0.6 is 11.3 Å². The SMILES string of the molecule is C[C@H]1C[C@@]2(CCN1CC1(O)CCCOC1)OCCc1cc(CC(F)F)sc12. The van der Waals surface area contributed by atoms with Crippen LogP contribution in [-0.2, 0) is 27.9 Å². The third-order valence-electron chi connectivity index (χ3n) is 6.23. The van der Waals surface area contributed by atoms with E-state index in [0.29, 0.717) is 19.8 Å². The molecule has 0 bridgehead atoms. The maximum absolute atomic E-state index is 12.8. The Labute approximate surface area is 163 Å². The molecule has 3 aliphatic rings. The predicted molar refractivity (Wildman–Crippen MR) is 101 cm³/mol. The number of hydrogen-bond acceptors (Lipinski definition) is 5. The highest BCUT2D eigenvalue weighted by molar-refractivity contribution is 7.12. The predicted octanol–water partition coefficient (Wildman–Crippen LogP) is 3.35. The Balaban J connectivity index is 1.48. The van der Waals surface area contributed by atoms with E-state index in [1.54, 1.807) is 0 Å². The van der Waals surface area contributed by atoms with Crippen LogP contribution in [0.1, 0.15) is 47.9 Å². The van der Waals surface area contributed by atoms with Gasteiger partial charge in [-0.25, -0.2) is 8.78 Å². The van der Waals surface area contributed by atoms with Crippen LogP contribution in [0.5, 0.6) is 0 Å². The highest BCUT2D eigenvalue weighted by Gasteiger charge is 2.46. The van der Waals surface area contributed by atoms with Crippen LogP contribution in [0, 0.1) is 0 Å². The summed E-state index contributed by atoms with van der Waals surface area (Å²) in [5.41, 5.74) is 0.0882. The Morgan fingerprint density at radius 1 is 1.37 bits per heavy atom. The molecule has 1 spiro atoms. The highest BCUT2D eigenvalue weighted by atomic mass is 32.1. The monoisotopic (exact) mass is 401 g/mol. The molecule has 1 unspecified atom stereocenters. The van der Waals surface area contributed by atoms with Crippen molar-refractivity contribution in [3.05, 3.63) is 21.4 Å². The average Bonchev–Trinajstić information content (AvgIpc) is 3.02. The molecule has 1 aromatic heterocycles. The van der Waals surface area contributed by atoms with Crippen molar-refractivity contribution in [2.75, 3.05) is 32.9 Å². The standard InChI is InChI=1S/C20H29F2NO3S/c1-14-11-20(5-6-23(14)12-19(24)4-2-7-25-13-19)18-15(3-8-26-20)9-16(27-18)10-17(21)22/h9,14,17,24H,2-8,10-13H2,1H3/t14-,19?,20+/m0/s1. The number of nitrogens with zero attached hydrogens (tertiary/aromatic N) is 1. The van der Waals surface area contributed by atoms with Crippen molar-refractivity contribution in [1.82, 2.24) is 4.90 Å². The third kappa shape index (κ3) is 4.08. The maximum Gasteiger partial charge on any atom is 0.243 e. The molecule has 0 saturated carbocycles. The molecule has 0 amide bonds. The first-order valence-corrected chi connectivity index (χ1v) is 10.8. The number of ether oxygens (including phenoxy) is 2. The molecule has 2 saturated heterocycles. The van der Waals surface area contributed by atoms with Crippen LogP contribution in [0.4, 0.5) is 8.78 Å². The van der Waals surface area contributed by atoms with Gasteiger partial charge in [-0.1, -0.05) is 0 Å². The molecule has 0 radical (unpaired) electrons. The molecule has 3 atom stereocenters. The molecular formula is C20H29F2NO3S. The van der Waals surface area contributed by atoms with Crippen LogP contribution in [0.15, 0.2) is 6.07 Å². The van der Waals surface area contributed by atoms with Gasteiger partial charge in [0.05, 0.1) is 13.2 Å². The summed E-state index contributed by atoms with van der Waals surface area (Å²) < 4.78 is 37.4.